The third kappa shape index (κ3) is 2.02. The summed E-state index contributed by atoms with van der Waals surface area (Å²) in [6, 6.07) is 15.1. The SMILES string of the molecule is CC1=CC=C(c2cccc3ccccc23)C=CC1. The van der Waals surface area contributed by atoms with E-state index in [1.54, 1.807) is 0 Å². The maximum atomic E-state index is 2.24. The summed E-state index contributed by atoms with van der Waals surface area (Å²) >= 11 is 0. The van der Waals surface area contributed by atoms with Gasteiger partial charge in [0.05, 0.1) is 0 Å². The van der Waals surface area contributed by atoms with E-state index < -0.39 is 0 Å². The molecule has 0 amide bonds. The number of hydrogen-bond acceptors (Lipinski definition) is 0. The smallest absolute Gasteiger partial charge is 0.0105 e. The molecule has 0 atom stereocenters. The first-order valence-electron chi connectivity index (χ1n) is 6.37. The number of hydrogen-bond donors (Lipinski definition) is 0. The molecule has 0 radical (unpaired) electrons. The summed E-state index contributed by atoms with van der Waals surface area (Å²) in [7, 11) is 0. The van der Waals surface area contributed by atoms with Crippen molar-refractivity contribution in [1.82, 2.24) is 0 Å². The van der Waals surface area contributed by atoms with E-state index in [9.17, 15) is 0 Å². The normalized spacial score (nSPS) is 15.2. The molecule has 0 heterocycles. The van der Waals surface area contributed by atoms with E-state index in [2.05, 4.69) is 73.7 Å². The number of fused-ring (bicyclic) bond motifs is 1. The maximum Gasteiger partial charge on any atom is -0.0105 e. The van der Waals surface area contributed by atoms with Crippen LogP contribution in [-0.2, 0) is 0 Å². The molecule has 0 bridgehead atoms. The first kappa shape index (κ1) is 11.0. The predicted octanol–water partition coefficient (Wildman–Crippen LogP) is 5.13. The lowest BCUT2D eigenvalue weighted by Crippen LogP contribution is -1.83. The van der Waals surface area contributed by atoms with Crippen LogP contribution in [0, 0.1) is 0 Å². The summed E-state index contributed by atoms with van der Waals surface area (Å²) in [5, 5.41) is 2.62. The van der Waals surface area contributed by atoms with Gasteiger partial charge in [-0.2, -0.15) is 0 Å². The molecule has 0 unspecified atom stereocenters. The first-order valence-corrected chi connectivity index (χ1v) is 6.37. The van der Waals surface area contributed by atoms with E-state index in [0.717, 1.165) is 6.42 Å². The van der Waals surface area contributed by atoms with Gasteiger partial charge >= 0.3 is 0 Å². The largest absolute Gasteiger partial charge is 0.0799 e. The lowest BCUT2D eigenvalue weighted by Gasteiger charge is -2.06. The van der Waals surface area contributed by atoms with E-state index in [4.69, 9.17) is 0 Å². The quantitative estimate of drug-likeness (QED) is 0.639. The van der Waals surface area contributed by atoms with Gasteiger partial charge in [-0.1, -0.05) is 72.3 Å². The van der Waals surface area contributed by atoms with Crippen LogP contribution in [0.25, 0.3) is 16.3 Å². The number of benzene rings is 2. The van der Waals surface area contributed by atoms with Gasteiger partial charge in [0, 0.05) is 0 Å². The topological polar surface area (TPSA) is 0 Å². The van der Waals surface area contributed by atoms with Gasteiger partial charge in [-0.25, -0.2) is 0 Å². The highest BCUT2D eigenvalue weighted by molar-refractivity contribution is 5.96. The Bertz CT molecular complexity index is 664. The second-order valence-corrected chi connectivity index (χ2v) is 4.77. The lowest BCUT2D eigenvalue weighted by atomic mass is 9.98. The minimum Gasteiger partial charge on any atom is -0.0799 e. The van der Waals surface area contributed by atoms with E-state index in [-0.39, 0.29) is 0 Å². The third-order valence-electron chi connectivity index (χ3n) is 3.39. The van der Waals surface area contributed by atoms with E-state index in [0.29, 0.717) is 0 Å². The van der Waals surface area contributed by atoms with Gasteiger partial charge in [-0.15, -0.1) is 0 Å². The second-order valence-electron chi connectivity index (χ2n) is 4.77. The molecule has 88 valence electrons. The highest BCUT2D eigenvalue weighted by Gasteiger charge is 2.04. The Labute approximate surface area is 108 Å². The van der Waals surface area contributed by atoms with Crippen LogP contribution in [-0.4, -0.2) is 0 Å². The average Bonchev–Trinajstić information content (AvgIpc) is 2.63. The Morgan fingerprint density at radius 1 is 0.889 bits per heavy atom. The molecule has 0 aromatic heterocycles. The number of allylic oxidation sites excluding steroid dienone is 6. The van der Waals surface area contributed by atoms with Gasteiger partial charge in [0.2, 0.25) is 0 Å². The zero-order valence-electron chi connectivity index (χ0n) is 10.6. The zero-order valence-corrected chi connectivity index (χ0v) is 10.6. The molecule has 0 fully saturated rings. The van der Waals surface area contributed by atoms with Crippen molar-refractivity contribution in [3.05, 3.63) is 77.9 Å². The zero-order chi connectivity index (χ0) is 12.4. The molecule has 0 saturated heterocycles. The summed E-state index contributed by atoms with van der Waals surface area (Å²) in [6.07, 6.45) is 9.96. The highest BCUT2D eigenvalue weighted by atomic mass is 14.1. The minimum atomic E-state index is 1.05. The van der Waals surface area contributed by atoms with Gasteiger partial charge in [0.25, 0.3) is 0 Å². The van der Waals surface area contributed by atoms with Gasteiger partial charge in [-0.3, -0.25) is 0 Å². The highest BCUT2D eigenvalue weighted by Crippen LogP contribution is 2.27. The summed E-state index contributed by atoms with van der Waals surface area (Å²) in [4.78, 5) is 0. The molecule has 3 rings (SSSR count). The standard InChI is InChI=1S/C18H16/c1-14-6-4-8-16(13-12-14)18-11-5-9-15-7-2-3-10-17(15)18/h2-5,7-13H,6H2,1H3. The Hall–Kier alpha value is -2.08. The van der Waals surface area contributed by atoms with Crippen molar-refractivity contribution in [1.29, 1.82) is 0 Å². The number of rotatable bonds is 1. The molecule has 2 aromatic rings. The summed E-state index contributed by atoms with van der Waals surface area (Å²) < 4.78 is 0. The first-order chi connectivity index (χ1) is 8.84. The van der Waals surface area contributed by atoms with Crippen molar-refractivity contribution in [2.75, 3.05) is 0 Å². The van der Waals surface area contributed by atoms with E-state index >= 15 is 0 Å². The van der Waals surface area contributed by atoms with Crippen molar-refractivity contribution < 1.29 is 0 Å². The average molecular weight is 232 g/mol. The summed E-state index contributed by atoms with van der Waals surface area (Å²) in [6.45, 7) is 2.17. The van der Waals surface area contributed by atoms with Crippen molar-refractivity contribution >= 4 is 16.3 Å². The Morgan fingerprint density at radius 3 is 2.67 bits per heavy atom. The fourth-order valence-corrected chi connectivity index (χ4v) is 2.38. The van der Waals surface area contributed by atoms with E-state index in [1.165, 1.54) is 27.5 Å². The van der Waals surface area contributed by atoms with Crippen LogP contribution in [0.15, 0.2) is 72.3 Å². The van der Waals surface area contributed by atoms with Crippen LogP contribution in [0.4, 0.5) is 0 Å². The molecule has 0 heteroatoms. The fourth-order valence-electron chi connectivity index (χ4n) is 2.38. The third-order valence-corrected chi connectivity index (χ3v) is 3.39. The lowest BCUT2D eigenvalue weighted by molar-refractivity contribution is 1.22. The van der Waals surface area contributed by atoms with Crippen molar-refractivity contribution in [3.63, 3.8) is 0 Å². The van der Waals surface area contributed by atoms with Crippen LogP contribution in [0.5, 0.6) is 0 Å². The molecule has 18 heavy (non-hydrogen) atoms. The van der Waals surface area contributed by atoms with Crippen LogP contribution in [0.2, 0.25) is 0 Å². The molecular weight excluding hydrogens is 216 g/mol. The van der Waals surface area contributed by atoms with Crippen LogP contribution >= 0.6 is 0 Å². The minimum absolute atomic E-state index is 1.05. The van der Waals surface area contributed by atoms with E-state index in [1.807, 2.05) is 0 Å². The Kier molecular flexibility index (Phi) is 2.85. The van der Waals surface area contributed by atoms with Gasteiger partial charge in [0.1, 0.15) is 0 Å². The van der Waals surface area contributed by atoms with Gasteiger partial charge < -0.3 is 0 Å². The van der Waals surface area contributed by atoms with Gasteiger partial charge in [0.15, 0.2) is 0 Å². The van der Waals surface area contributed by atoms with Crippen LogP contribution < -0.4 is 0 Å². The molecule has 0 nitrogen and oxygen atoms in total. The predicted molar refractivity (Wildman–Crippen MR) is 79.4 cm³/mol. The summed E-state index contributed by atoms with van der Waals surface area (Å²) in [5.41, 5.74) is 4.01. The van der Waals surface area contributed by atoms with Crippen molar-refractivity contribution in [3.8, 4) is 0 Å². The van der Waals surface area contributed by atoms with Crippen molar-refractivity contribution in [2.24, 2.45) is 0 Å². The molecular formula is C18H16. The van der Waals surface area contributed by atoms with Crippen molar-refractivity contribution in [2.45, 2.75) is 13.3 Å². The molecule has 1 aliphatic carbocycles. The Morgan fingerprint density at radius 2 is 1.72 bits per heavy atom. The molecule has 0 saturated carbocycles. The molecule has 1 aliphatic rings. The molecule has 2 aromatic carbocycles. The maximum absolute atomic E-state index is 2.24. The monoisotopic (exact) mass is 232 g/mol. The molecule has 0 aliphatic heterocycles. The second kappa shape index (κ2) is 4.66. The Balaban J connectivity index is 2.20. The van der Waals surface area contributed by atoms with Crippen LogP contribution in [0.1, 0.15) is 18.9 Å². The molecule has 0 spiro atoms. The fraction of sp³-hybridized carbons (Fsp3) is 0.111. The van der Waals surface area contributed by atoms with Gasteiger partial charge in [-0.05, 0) is 35.3 Å². The van der Waals surface area contributed by atoms with Crippen LogP contribution in [0.3, 0.4) is 0 Å². The molecule has 0 N–H and O–H groups in total. The summed E-state index contributed by atoms with van der Waals surface area (Å²) in [5.74, 6) is 0.